The highest BCUT2D eigenvalue weighted by Gasteiger charge is 2.39. The summed E-state index contributed by atoms with van der Waals surface area (Å²) < 4.78 is 23.2. The number of carbonyl (C=O) groups excluding carboxylic acids is 2. The first kappa shape index (κ1) is 19.9. The van der Waals surface area contributed by atoms with Crippen LogP contribution in [-0.4, -0.2) is 55.3 Å². The number of hydrogen-bond donors (Lipinski definition) is 1. The van der Waals surface area contributed by atoms with Crippen LogP contribution in [-0.2, 0) is 19.4 Å². The van der Waals surface area contributed by atoms with E-state index in [1.807, 2.05) is 6.07 Å². The van der Waals surface area contributed by atoms with E-state index in [-0.39, 0.29) is 41.9 Å². The summed E-state index contributed by atoms with van der Waals surface area (Å²) in [7, 11) is -2.97. The number of halogens is 1. The molecule has 2 amide bonds. The van der Waals surface area contributed by atoms with Gasteiger partial charge in [0.1, 0.15) is 9.84 Å². The van der Waals surface area contributed by atoms with E-state index in [0.717, 1.165) is 18.4 Å². The van der Waals surface area contributed by atoms with Crippen LogP contribution in [0.25, 0.3) is 6.08 Å². The first-order chi connectivity index (χ1) is 12.8. The molecule has 1 aliphatic heterocycles. The molecule has 2 fully saturated rings. The van der Waals surface area contributed by atoms with Crippen LogP contribution in [0.4, 0.5) is 0 Å². The summed E-state index contributed by atoms with van der Waals surface area (Å²) in [6.07, 6.45) is 5.85. The van der Waals surface area contributed by atoms with Crippen molar-refractivity contribution >= 4 is 39.3 Å². The van der Waals surface area contributed by atoms with Crippen LogP contribution in [0.5, 0.6) is 0 Å². The summed E-state index contributed by atoms with van der Waals surface area (Å²) in [6.45, 7) is -0.0849. The van der Waals surface area contributed by atoms with E-state index in [2.05, 4.69) is 5.32 Å². The lowest BCUT2D eigenvalue weighted by molar-refractivity contribution is -0.135. The minimum Gasteiger partial charge on any atom is -0.343 e. The van der Waals surface area contributed by atoms with Gasteiger partial charge in [0, 0.05) is 23.2 Å². The van der Waals surface area contributed by atoms with Gasteiger partial charge in [0.2, 0.25) is 11.8 Å². The molecule has 146 valence electrons. The summed E-state index contributed by atoms with van der Waals surface area (Å²) in [4.78, 5) is 26.4. The molecule has 0 bridgehead atoms. The van der Waals surface area contributed by atoms with Crippen molar-refractivity contribution in [1.29, 1.82) is 0 Å². The SMILES string of the molecule is O=C(/C=C/c1cccc(Cl)c1)NCC(=O)N(C1CC1)C1CCS(=O)(=O)CC1. The Morgan fingerprint density at radius 3 is 2.44 bits per heavy atom. The molecular formula is C19H23ClN2O4S. The first-order valence-corrected chi connectivity index (χ1v) is 11.3. The van der Waals surface area contributed by atoms with Gasteiger partial charge in [0.15, 0.2) is 0 Å². The number of nitrogens with zero attached hydrogens (tertiary/aromatic N) is 1. The van der Waals surface area contributed by atoms with Crippen molar-refractivity contribution in [3.63, 3.8) is 0 Å². The third-order valence-electron chi connectivity index (χ3n) is 4.84. The second-order valence-corrected chi connectivity index (χ2v) is 9.76. The molecule has 6 nitrogen and oxygen atoms in total. The van der Waals surface area contributed by atoms with Crippen LogP contribution >= 0.6 is 11.6 Å². The van der Waals surface area contributed by atoms with Crippen molar-refractivity contribution in [1.82, 2.24) is 10.2 Å². The monoisotopic (exact) mass is 410 g/mol. The fourth-order valence-electron chi connectivity index (χ4n) is 3.31. The molecule has 0 unspecified atom stereocenters. The molecule has 0 spiro atoms. The molecule has 1 aromatic carbocycles. The van der Waals surface area contributed by atoms with E-state index in [4.69, 9.17) is 11.6 Å². The number of sulfone groups is 1. The van der Waals surface area contributed by atoms with E-state index >= 15 is 0 Å². The van der Waals surface area contributed by atoms with Crippen molar-refractivity contribution in [2.45, 2.75) is 37.8 Å². The van der Waals surface area contributed by atoms with Crippen LogP contribution in [0.2, 0.25) is 5.02 Å². The minimum atomic E-state index is -2.97. The lowest BCUT2D eigenvalue weighted by atomic mass is 10.1. The highest BCUT2D eigenvalue weighted by molar-refractivity contribution is 7.91. The van der Waals surface area contributed by atoms with Crippen LogP contribution < -0.4 is 5.32 Å². The lowest BCUT2D eigenvalue weighted by Crippen LogP contribution is -2.49. The van der Waals surface area contributed by atoms with E-state index in [0.29, 0.717) is 17.9 Å². The largest absolute Gasteiger partial charge is 0.343 e. The average Bonchev–Trinajstić information content (AvgIpc) is 3.45. The molecule has 1 aliphatic carbocycles. The highest BCUT2D eigenvalue weighted by Crippen LogP contribution is 2.32. The number of hydrogen-bond acceptors (Lipinski definition) is 4. The number of rotatable bonds is 6. The maximum atomic E-state index is 12.6. The van der Waals surface area contributed by atoms with Crippen molar-refractivity contribution < 1.29 is 18.0 Å². The van der Waals surface area contributed by atoms with Crippen LogP contribution in [0.1, 0.15) is 31.2 Å². The van der Waals surface area contributed by atoms with Gasteiger partial charge >= 0.3 is 0 Å². The third-order valence-corrected chi connectivity index (χ3v) is 6.79. The molecule has 8 heteroatoms. The Morgan fingerprint density at radius 1 is 1.15 bits per heavy atom. The fourth-order valence-corrected chi connectivity index (χ4v) is 4.97. The maximum absolute atomic E-state index is 12.6. The molecule has 0 radical (unpaired) electrons. The van der Waals surface area contributed by atoms with Gasteiger partial charge in [-0.2, -0.15) is 0 Å². The summed E-state index contributed by atoms with van der Waals surface area (Å²) in [5, 5.41) is 3.20. The molecule has 27 heavy (non-hydrogen) atoms. The van der Waals surface area contributed by atoms with Crippen molar-refractivity contribution in [2.24, 2.45) is 0 Å². The maximum Gasteiger partial charge on any atom is 0.244 e. The zero-order valence-electron chi connectivity index (χ0n) is 14.9. The summed E-state index contributed by atoms with van der Waals surface area (Å²) >= 11 is 5.90. The highest BCUT2D eigenvalue weighted by atomic mass is 35.5. The number of amides is 2. The summed E-state index contributed by atoms with van der Waals surface area (Å²) in [6, 6.07) is 7.24. The van der Waals surface area contributed by atoms with Crippen LogP contribution in [0, 0.1) is 0 Å². The topological polar surface area (TPSA) is 83.6 Å². The van der Waals surface area contributed by atoms with Crippen LogP contribution in [0.15, 0.2) is 30.3 Å². The second kappa shape index (κ2) is 8.44. The normalized spacial score (nSPS) is 19.7. The molecule has 2 aliphatic rings. The molecular weight excluding hydrogens is 388 g/mol. The molecule has 1 heterocycles. The number of carbonyl (C=O) groups is 2. The molecule has 0 aromatic heterocycles. The van der Waals surface area contributed by atoms with Gasteiger partial charge in [-0.3, -0.25) is 9.59 Å². The Bertz CT molecular complexity index is 835. The third kappa shape index (κ3) is 5.81. The Morgan fingerprint density at radius 2 is 1.81 bits per heavy atom. The van der Waals surface area contributed by atoms with E-state index < -0.39 is 9.84 Å². The van der Waals surface area contributed by atoms with Gasteiger partial charge in [-0.15, -0.1) is 0 Å². The second-order valence-electron chi connectivity index (χ2n) is 7.02. The molecule has 1 saturated heterocycles. The predicted molar refractivity (Wildman–Crippen MR) is 105 cm³/mol. The van der Waals surface area contributed by atoms with Crippen LogP contribution in [0.3, 0.4) is 0 Å². The van der Waals surface area contributed by atoms with Gasteiger partial charge in [0.25, 0.3) is 0 Å². The Labute approximate surface area is 164 Å². The Hall–Kier alpha value is -1.86. The summed E-state index contributed by atoms with van der Waals surface area (Å²) in [5.41, 5.74) is 0.798. The molecule has 0 atom stereocenters. The standard InChI is InChI=1S/C19H23ClN2O4S/c20-15-3-1-2-14(12-15)4-7-18(23)21-13-19(24)22(16-5-6-16)17-8-10-27(25,26)11-9-17/h1-4,7,12,16-17H,5-6,8-11,13H2,(H,21,23)/b7-4+. The average molecular weight is 411 g/mol. The summed E-state index contributed by atoms with van der Waals surface area (Å²) in [5.74, 6) is -0.247. The molecule has 3 rings (SSSR count). The minimum absolute atomic E-state index is 0.0487. The van der Waals surface area contributed by atoms with E-state index in [9.17, 15) is 18.0 Å². The Kier molecular flexibility index (Phi) is 6.22. The molecule has 1 aromatic rings. The first-order valence-electron chi connectivity index (χ1n) is 9.07. The van der Waals surface area contributed by atoms with Gasteiger partial charge in [-0.25, -0.2) is 8.42 Å². The van der Waals surface area contributed by atoms with Gasteiger partial charge in [-0.1, -0.05) is 23.7 Å². The van der Waals surface area contributed by atoms with Crippen molar-refractivity contribution in [2.75, 3.05) is 18.1 Å². The zero-order chi connectivity index (χ0) is 19.4. The van der Waals surface area contributed by atoms with E-state index in [1.165, 1.54) is 6.08 Å². The van der Waals surface area contributed by atoms with Gasteiger partial charge < -0.3 is 10.2 Å². The van der Waals surface area contributed by atoms with Gasteiger partial charge in [0.05, 0.1) is 18.1 Å². The lowest BCUT2D eigenvalue weighted by Gasteiger charge is -2.34. The molecule has 1 N–H and O–H groups in total. The van der Waals surface area contributed by atoms with Crippen molar-refractivity contribution in [3.05, 3.63) is 40.9 Å². The number of nitrogens with one attached hydrogen (secondary N) is 1. The smallest absolute Gasteiger partial charge is 0.244 e. The zero-order valence-corrected chi connectivity index (χ0v) is 16.5. The van der Waals surface area contributed by atoms with Crippen molar-refractivity contribution in [3.8, 4) is 0 Å². The predicted octanol–water partition coefficient (Wildman–Crippen LogP) is 2.04. The quantitative estimate of drug-likeness (QED) is 0.727. The van der Waals surface area contributed by atoms with Gasteiger partial charge in [-0.05, 0) is 49.5 Å². The molecule has 1 saturated carbocycles. The fraction of sp³-hybridized carbons (Fsp3) is 0.474. The van der Waals surface area contributed by atoms with E-state index in [1.54, 1.807) is 29.2 Å². The number of benzene rings is 1. The Balaban J connectivity index is 1.53.